The molecule has 0 unspecified atom stereocenters. The summed E-state index contributed by atoms with van der Waals surface area (Å²) in [6.45, 7) is 0.580. The van der Waals surface area contributed by atoms with E-state index in [1.54, 1.807) is 0 Å². The average molecular weight is 221 g/mol. The number of rotatable bonds is 8. The van der Waals surface area contributed by atoms with E-state index in [4.69, 9.17) is 15.6 Å². The molecule has 0 aromatic rings. The number of hydrogen-bond donors (Lipinski definition) is 2. The number of aliphatic carboxylic acids is 1. The van der Waals surface area contributed by atoms with Crippen LogP contribution in [0.25, 0.3) is 0 Å². The topological polar surface area (TPSA) is 89.6 Å². The fourth-order valence-corrected chi connectivity index (χ4v) is 1.50. The zero-order valence-corrected chi connectivity index (χ0v) is 8.72. The van der Waals surface area contributed by atoms with Crippen LogP contribution in [0.2, 0.25) is 0 Å². The van der Waals surface area contributed by atoms with Crippen LogP contribution in [-0.4, -0.2) is 41.7 Å². The largest absolute Gasteiger partial charge is 0.481 e. The molecule has 0 radical (unpaired) electrons. The van der Waals surface area contributed by atoms with Gasteiger partial charge in [0.25, 0.3) is 0 Å². The molecule has 6 heteroatoms. The highest BCUT2D eigenvalue weighted by Crippen LogP contribution is 2.05. The maximum atomic E-state index is 10.9. The fourth-order valence-electron chi connectivity index (χ4n) is 0.662. The standard InChI is InChI=1S/C8H15NO4S/c9-3-4-13-8(12)2-6-14-5-1-7(10)11/h1-6,9H2,(H,10,11). The lowest BCUT2D eigenvalue weighted by Crippen LogP contribution is -2.13. The summed E-state index contributed by atoms with van der Waals surface area (Å²) in [7, 11) is 0. The molecule has 0 fully saturated rings. The van der Waals surface area contributed by atoms with Crippen LogP contribution in [0.4, 0.5) is 0 Å². The van der Waals surface area contributed by atoms with Gasteiger partial charge in [-0.2, -0.15) is 11.8 Å². The van der Waals surface area contributed by atoms with E-state index in [0.717, 1.165) is 0 Å². The molecule has 82 valence electrons. The molecule has 3 N–H and O–H groups in total. The van der Waals surface area contributed by atoms with Gasteiger partial charge in [-0.3, -0.25) is 9.59 Å². The third kappa shape index (κ3) is 9.34. The highest BCUT2D eigenvalue weighted by atomic mass is 32.2. The van der Waals surface area contributed by atoms with Crippen LogP contribution in [0.15, 0.2) is 0 Å². The van der Waals surface area contributed by atoms with Crippen molar-refractivity contribution in [2.24, 2.45) is 5.73 Å². The first-order valence-corrected chi connectivity index (χ1v) is 5.47. The number of hydrogen-bond acceptors (Lipinski definition) is 5. The third-order valence-corrected chi connectivity index (χ3v) is 2.28. The van der Waals surface area contributed by atoms with Gasteiger partial charge in [0.2, 0.25) is 0 Å². The minimum atomic E-state index is -0.816. The number of nitrogens with two attached hydrogens (primary N) is 1. The van der Waals surface area contributed by atoms with Crippen LogP contribution < -0.4 is 5.73 Å². The number of carboxylic acids is 1. The van der Waals surface area contributed by atoms with Crippen molar-refractivity contribution in [3.63, 3.8) is 0 Å². The van der Waals surface area contributed by atoms with Gasteiger partial charge in [0.05, 0.1) is 12.8 Å². The molecule has 0 aromatic carbocycles. The molecule has 5 nitrogen and oxygen atoms in total. The lowest BCUT2D eigenvalue weighted by molar-refractivity contribution is -0.142. The van der Waals surface area contributed by atoms with E-state index in [1.807, 2.05) is 0 Å². The van der Waals surface area contributed by atoms with Gasteiger partial charge in [-0.1, -0.05) is 0 Å². The first kappa shape index (κ1) is 13.2. The van der Waals surface area contributed by atoms with Crippen molar-refractivity contribution in [2.75, 3.05) is 24.7 Å². The van der Waals surface area contributed by atoms with Crippen molar-refractivity contribution >= 4 is 23.7 Å². The molecular weight excluding hydrogens is 206 g/mol. The number of ether oxygens (including phenoxy) is 1. The summed E-state index contributed by atoms with van der Waals surface area (Å²) in [4.78, 5) is 21.0. The molecule has 0 amide bonds. The smallest absolute Gasteiger partial charge is 0.306 e. The average Bonchev–Trinajstić information content (AvgIpc) is 2.13. The van der Waals surface area contributed by atoms with E-state index in [9.17, 15) is 9.59 Å². The Morgan fingerprint density at radius 3 is 2.50 bits per heavy atom. The summed E-state index contributed by atoms with van der Waals surface area (Å²) < 4.78 is 4.73. The second-order valence-corrected chi connectivity index (χ2v) is 3.74. The zero-order valence-electron chi connectivity index (χ0n) is 7.90. The molecule has 0 aliphatic carbocycles. The van der Waals surface area contributed by atoms with Crippen LogP contribution in [-0.2, 0) is 14.3 Å². The van der Waals surface area contributed by atoms with Crippen LogP contribution in [0.3, 0.4) is 0 Å². The SMILES string of the molecule is NCCOC(=O)CCSCCC(=O)O. The molecule has 0 bridgehead atoms. The van der Waals surface area contributed by atoms with Crippen LogP contribution in [0.1, 0.15) is 12.8 Å². The molecule has 0 spiro atoms. The molecule has 0 aromatic heterocycles. The lowest BCUT2D eigenvalue weighted by atomic mass is 10.5. The molecule has 0 saturated carbocycles. The van der Waals surface area contributed by atoms with Gasteiger partial charge in [-0.15, -0.1) is 0 Å². The molecule has 0 aliphatic heterocycles. The molecule has 0 atom stereocenters. The minimum absolute atomic E-state index is 0.127. The summed E-state index contributed by atoms with van der Waals surface area (Å²) >= 11 is 1.43. The van der Waals surface area contributed by atoms with Crippen LogP contribution >= 0.6 is 11.8 Å². The van der Waals surface area contributed by atoms with Gasteiger partial charge in [0, 0.05) is 18.1 Å². The number of thioether (sulfide) groups is 1. The van der Waals surface area contributed by atoms with E-state index in [2.05, 4.69) is 0 Å². The Balaban J connectivity index is 3.19. The van der Waals surface area contributed by atoms with E-state index < -0.39 is 5.97 Å². The Morgan fingerprint density at radius 2 is 1.93 bits per heavy atom. The minimum Gasteiger partial charge on any atom is -0.481 e. The zero-order chi connectivity index (χ0) is 10.8. The number of carbonyl (C=O) groups is 2. The van der Waals surface area contributed by atoms with Crippen molar-refractivity contribution in [3.8, 4) is 0 Å². The summed E-state index contributed by atoms with van der Waals surface area (Å²) in [6.07, 6.45) is 0.437. The maximum Gasteiger partial charge on any atom is 0.306 e. The van der Waals surface area contributed by atoms with E-state index >= 15 is 0 Å². The number of esters is 1. The predicted molar refractivity (Wildman–Crippen MR) is 54.2 cm³/mol. The molecule has 0 aliphatic rings. The Hall–Kier alpha value is -0.750. The van der Waals surface area contributed by atoms with Crippen molar-refractivity contribution in [1.82, 2.24) is 0 Å². The van der Waals surface area contributed by atoms with Gasteiger partial charge < -0.3 is 15.6 Å². The van der Waals surface area contributed by atoms with Gasteiger partial charge >= 0.3 is 11.9 Å². The highest BCUT2D eigenvalue weighted by Gasteiger charge is 2.02. The Kier molecular flexibility index (Phi) is 8.36. The molecular formula is C8H15NO4S. The maximum absolute atomic E-state index is 10.9. The molecule has 0 saturated heterocycles. The number of carboxylic acid groups (broad SMARTS) is 1. The van der Waals surface area contributed by atoms with Crippen molar-refractivity contribution in [2.45, 2.75) is 12.8 Å². The Labute approximate surface area is 87.0 Å². The van der Waals surface area contributed by atoms with E-state index in [-0.39, 0.29) is 19.0 Å². The van der Waals surface area contributed by atoms with Crippen molar-refractivity contribution in [1.29, 1.82) is 0 Å². The molecule has 0 heterocycles. The lowest BCUT2D eigenvalue weighted by Gasteiger charge is -2.02. The van der Waals surface area contributed by atoms with Crippen molar-refractivity contribution in [3.05, 3.63) is 0 Å². The van der Waals surface area contributed by atoms with Crippen LogP contribution in [0, 0.1) is 0 Å². The summed E-state index contributed by atoms with van der Waals surface area (Å²) in [5, 5.41) is 8.32. The van der Waals surface area contributed by atoms with Gasteiger partial charge in [-0.05, 0) is 0 Å². The number of carbonyl (C=O) groups excluding carboxylic acids is 1. The van der Waals surface area contributed by atoms with E-state index in [1.165, 1.54) is 11.8 Å². The van der Waals surface area contributed by atoms with Gasteiger partial charge in [-0.25, -0.2) is 0 Å². The fraction of sp³-hybridized carbons (Fsp3) is 0.750. The third-order valence-electron chi connectivity index (χ3n) is 1.29. The second kappa shape index (κ2) is 8.83. The summed E-state index contributed by atoms with van der Waals surface area (Å²) in [5.74, 6) is 0.0254. The first-order chi connectivity index (χ1) is 6.66. The first-order valence-electron chi connectivity index (χ1n) is 4.32. The van der Waals surface area contributed by atoms with Gasteiger partial charge in [0.1, 0.15) is 6.61 Å². The van der Waals surface area contributed by atoms with Gasteiger partial charge in [0.15, 0.2) is 0 Å². The van der Waals surface area contributed by atoms with Crippen molar-refractivity contribution < 1.29 is 19.4 Å². The second-order valence-electron chi connectivity index (χ2n) is 2.52. The Morgan fingerprint density at radius 1 is 1.29 bits per heavy atom. The quantitative estimate of drug-likeness (QED) is 0.446. The molecule has 14 heavy (non-hydrogen) atoms. The summed E-state index contributed by atoms with van der Waals surface area (Å²) in [5.41, 5.74) is 5.14. The van der Waals surface area contributed by atoms with Crippen LogP contribution in [0.5, 0.6) is 0 Å². The summed E-state index contributed by atoms with van der Waals surface area (Å²) in [6, 6.07) is 0. The monoisotopic (exact) mass is 221 g/mol. The predicted octanol–water partition coefficient (Wildman–Crippen LogP) is 0.0863. The normalized spacial score (nSPS) is 9.79. The highest BCUT2D eigenvalue weighted by molar-refractivity contribution is 7.99. The van der Waals surface area contributed by atoms with E-state index in [0.29, 0.717) is 24.5 Å². The Bertz CT molecular complexity index is 186. The molecule has 0 rings (SSSR count).